The summed E-state index contributed by atoms with van der Waals surface area (Å²) in [5.41, 5.74) is 7.71. The predicted molar refractivity (Wildman–Crippen MR) is 151 cm³/mol. The van der Waals surface area contributed by atoms with Crippen LogP contribution in [0.1, 0.15) is 53.6 Å². The van der Waals surface area contributed by atoms with Gasteiger partial charge in [-0.05, 0) is 75.7 Å². The Morgan fingerprint density at radius 3 is 2.50 bits per heavy atom. The van der Waals surface area contributed by atoms with Crippen LogP contribution in [0.4, 0.5) is 0 Å². The van der Waals surface area contributed by atoms with Crippen molar-refractivity contribution in [2.24, 2.45) is 0 Å². The predicted octanol–water partition coefficient (Wildman–Crippen LogP) is 4.99. The average molecular weight is 515 g/mol. The molecule has 1 saturated heterocycles. The van der Waals surface area contributed by atoms with E-state index in [0.29, 0.717) is 24.0 Å². The van der Waals surface area contributed by atoms with Crippen LogP contribution in [-0.4, -0.2) is 77.0 Å². The fraction of sp³-hybridized carbons (Fsp3) is 0.433. The molecular weight excluding hydrogens is 476 g/mol. The number of likely N-dealkylation sites (N-methyl/N-ethyl adjacent to an activating group) is 1. The molecular formula is C30H38N6O2. The van der Waals surface area contributed by atoms with Gasteiger partial charge in [0.2, 0.25) is 5.89 Å². The first kappa shape index (κ1) is 26.1. The minimum absolute atomic E-state index is 0.199. The second-order valence-electron chi connectivity index (χ2n) is 10.8. The number of amides is 1. The summed E-state index contributed by atoms with van der Waals surface area (Å²) in [4.78, 5) is 30.2. The molecule has 38 heavy (non-hydrogen) atoms. The second kappa shape index (κ2) is 11.1. The first-order valence-electron chi connectivity index (χ1n) is 13.5. The van der Waals surface area contributed by atoms with Crippen molar-refractivity contribution in [3.8, 4) is 22.7 Å². The maximum atomic E-state index is 12.7. The Kier molecular flexibility index (Phi) is 7.63. The maximum absolute atomic E-state index is 12.7. The number of oxazole rings is 1. The molecule has 0 radical (unpaired) electrons. The number of aromatic amines is 1. The van der Waals surface area contributed by atoms with Crippen LogP contribution >= 0.6 is 0 Å². The summed E-state index contributed by atoms with van der Waals surface area (Å²) >= 11 is 0. The summed E-state index contributed by atoms with van der Waals surface area (Å²) in [5.74, 6) is 0.553. The van der Waals surface area contributed by atoms with E-state index < -0.39 is 0 Å². The summed E-state index contributed by atoms with van der Waals surface area (Å²) in [6.07, 6.45) is 2.37. The summed E-state index contributed by atoms with van der Waals surface area (Å²) in [5, 5.41) is 4.12. The minimum atomic E-state index is -0.199. The SMILES string of the molecule is Cc1cc(-c2[nH]c3ccc(-c4nc(C(=O)NCCCN5CCN(C)CC5)co4)cc3c2C(C)C)cc(C)n1. The minimum Gasteiger partial charge on any atom is -0.444 e. The third-order valence-corrected chi connectivity index (χ3v) is 7.30. The van der Waals surface area contributed by atoms with E-state index in [1.54, 1.807) is 0 Å². The van der Waals surface area contributed by atoms with Crippen LogP contribution < -0.4 is 5.32 Å². The fourth-order valence-electron chi connectivity index (χ4n) is 5.33. The van der Waals surface area contributed by atoms with E-state index in [1.807, 2.05) is 19.9 Å². The van der Waals surface area contributed by atoms with E-state index in [2.05, 4.69) is 75.2 Å². The maximum Gasteiger partial charge on any atom is 0.273 e. The third-order valence-electron chi connectivity index (χ3n) is 7.30. The molecule has 8 nitrogen and oxygen atoms in total. The molecule has 1 amide bonds. The van der Waals surface area contributed by atoms with Crippen molar-refractivity contribution in [1.29, 1.82) is 0 Å². The number of hydrogen-bond donors (Lipinski definition) is 2. The molecule has 2 N–H and O–H groups in total. The van der Waals surface area contributed by atoms with Crippen molar-refractivity contribution in [1.82, 2.24) is 30.1 Å². The molecule has 200 valence electrons. The number of rotatable bonds is 8. The van der Waals surface area contributed by atoms with Crippen LogP contribution in [0.15, 0.2) is 41.0 Å². The normalized spacial score (nSPS) is 15.0. The zero-order chi connectivity index (χ0) is 26.8. The van der Waals surface area contributed by atoms with E-state index in [9.17, 15) is 4.79 Å². The smallest absolute Gasteiger partial charge is 0.273 e. The van der Waals surface area contributed by atoms with Crippen LogP contribution in [0, 0.1) is 13.8 Å². The zero-order valence-electron chi connectivity index (χ0n) is 23.1. The van der Waals surface area contributed by atoms with Crippen LogP contribution in [0.2, 0.25) is 0 Å². The highest BCUT2D eigenvalue weighted by molar-refractivity contribution is 5.95. The number of piperazine rings is 1. The summed E-state index contributed by atoms with van der Waals surface area (Å²) < 4.78 is 5.75. The second-order valence-corrected chi connectivity index (χ2v) is 10.8. The number of aromatic nitrogens is 3. The Hall–Kier alpha value is -3.49. The molecule has 0 saturated carbocycles. The quantitative estimate of drug-likeness (QED) is 0.322. The molecule has 0 spiro atoms. The number of nitrogens with one attached hydrogen (secondary N) is 2. The lowest BCUT2D eigenvalue weighted by atomic mass is 9.95. The Bertz CT molecular complexity index is 1410. The van der Waals surface area contributed by atoms with Crippen molar-refractivity contribution in [3.05, 3.63) is 59.2 Å². The average Bonchev–Trinajstić information content (AvgIpc) is 3.52. The van der Waals surface area contributed by atoms with E-state index in [4.69, 9.17) is 4.42 Å². The van der Waals surface area contributed by atoms with E-state index >= 15 is 0 Å². The molecule has 0 unspecified atom stereocenters. The molecule has 0 aliphatic carbocycles. The van der Waals surface area contributed by atoms with Gasteiger partial charge in [-0.2, -0.15) is 0 Å². The van der Waals surface area contributed by atoms with Gasteiger partial charge in [-0.15, -0.1) is 0 Å². The highest BCUT2D eigenvalue weighted by Crippen LogP contribution is 2.37. The lowest BCUT2D eigenvalue weighted by molar-refractivity contribution is 0.0944. The van der Waals surface area contributed by atoms with E-state index in [-0.39, 0.29) is 5.91 Å². The number of aryl methyl sites for hydroxylation is 2. The van der Waals surface area contributed by atoms with Gasteiger partial charge in [0, 0.05) is 66.1 Å². The standard InChI is InChI=1S/C30H38N6O2/c1-19(2)27-24-17-22(7-8-25(24)33-28(27)23-15-20(3)32-21(4)16-23)30-34-26(18-38-30)29(37)31-9-6-10-36-13-11-35(5)12-14-36/h7-8,15-19,33H,6,9-14H2,1-5H3,(H,31,37). The number of pyridine rings is 1. The first-order valence-corrected chi connectivity index (χ1v) is 13.5. The molecule has 1 fully saturated rings. The molecule has 4 heterocycles. The van der Waals surface area contributed by atoms with Crippen molar-refractivity contribution in [3.63, 3.8) is 0 Å². The lowest BCUT2D eigenvalue weighted by Crippen LogP contribution is -2.45. The Labute approximate surface area is 224 Å². The topological polar surface area (TPSA) is 90.3 Å². The molecule has 1 aliphatic rings. The Morgan fingerprint density at radius 2 is 1.79 bits per heavy atom. The van der Waals surface area contributed by atoms with E-state index in [0.717, 1.165) is 78.3 Å². The van der Waals surface area contributed by atoms with Gasteiger partial charge >= 0.3 is 0 Å². The largest absolute Gasteiger partial charge is 0.444 e. The van der Waals surface area contributed by atoms with Gasteiger partial charge < -0.3 is 24.5 Å². The molecule has 1 aromatic carbocycles. The number of benzene rings is 1. The van der Waals surface area contributed by atoms with Crippen molar-refractivity contribution >= 4 is 16.8 Å². The van der Waals surface area contributed by atoms with Crippen LogP contribution in [0.5, 0.6) is 0 Å². The van der Waals surface area contributed by atoms with Crippen molar-refractivity contribution in [2.75, 3.05) is 46.3 Å². The Balaban J connectivity index is 1.30. The number of carbonyl (C=O) groups excluding carboxylic acids is 1. The fourth-order valence-corrected chi connectivity index (χ4v) is 5.33. The Morgan fingerprint density at radius 1 is 1.05 bits per heavy atom. The molecule has 0 bridgehead atoms. The van der Waals surface area contributed by atoms with Crippen molar-refractivity contribution < 1.29 is 9.21 Å². The summed E-state index contributed by atoms with van der Waals surface area (Å²) in [7, 11) is 2.16. The van der Waals surface area contributed by atoms with Gasteiger partial charge in [0.05, 0.1) is 5.69 Å². The lowest BCUT2D eigenvalue weighted by Gasteiger charge is -2.32. The highest BCUT2D eigenvalue weighted by atomic mass is 16.3. The van der Waals surface area contributed by atoms with E-state index in [1.165, 1.54) is 11.8 Å². The van der Waals surface area contributed by atoms with Gasteiger partial charge in [0.1, 0.15) is 6.26 Å². The van der Waals surface area contributed by atoms with Crippen LogP contribution in [0.3, 0.4) is 0 Å². The summed E-state index contributed by atoms with van der Waals surface area (Å²) in [6.45, 7) is 14.5. The summed E-state index contributed by atoms with van der Waals surface area (Å²) in [6, 6.07) is 10.4. The molecule has 8 heteroatoms. The van der Waals surface area contributed by atoms with Gasteiger partial charge in [-0.1, -0.05) is 13.8 Å². The molecule has 3 aromatic heterocycles. The van der Waals surface area contributed by atoms with Crippen LogP contribution in [0.25, 0.3) is 33.6 Å². The van der Waals surface area contributed by atoms with Crippen LogP contribution in [-0.2, 0) is 0 Å². The third kappa shape index (κ3) is 5.66. The van der Waals surface area contributed by atoms with Crippen molar-refractivity contribution in [2.45, 2.75) is 40.0 Å². The number of nitrogens with zero attached hydrogens (tertiary/aromatic N) is 4. The van der Waals surface area contributed by atoms with Gasteiger partial charge in [-0.25, -0.2) is 4.98 Å². The van der Waals surface area contributed by atoms with Gasteiger partial charge in [-0.3, -0.25) is 9.78 Å². The van der Waals surface area contributed by atoms with Gasteiger partial charge in [0.15, 0.2) is 5.69 Å². The zero-order valence-corrected chi connectivity index (χ0v) is 23.1. The van der Waals surface area contributed by atoms with Gasteiger partial charge in [0.25, 0.3) is 5.91 Å². The number of carbonyl (C=O) groups is 1. The molecule has 0 atom stereocenters. The number of hydrogen-bond acceptors (Lipinski definition) is 6. The number of H-pyrrole nitrogens is 1. The molecule has 5 rings (SSSR count). The number of fused-ring (bicyclic) bond motifs is 1. The molecule has 1 aliphatic heterocycles. The monoisotopic (exact) mass is 514 g/mol. The molecule has 4 aromatic rings. The first-order chi connectivity index (χ1) is 18.3. The highest BCUT2D eigenvalue weighted by Gasteiger charge is 2.20.